The molecule has 0 fully saturated rings. The molecule has 2 aromatic heterocycles. The molecule has 0 aliphatic rings. The van der Waals surface area contributed by atoms with Crippen molar-refractivity contribution in [3.05, 3.63) is 59.9 Å². The van der Waals surface area contributed by atoms with Crippen LogP contribution in [-0.2, 0) is 6.18 Å². The van der Waals surface area contributed by atoms with Crippen LogP contribution in [0, 0.1) is 0 Å². The van der Waals surface area contributed by atoms with E-state index in [9.17, 15) is 18.0 Å². The number of pyridine rings is 2. The van der Waals surface area contributed by atoms with E-state index in [1.54, 1.807) is 0 Å². The van der Waals surface area contributed by atoms with E-state index in [-0.39, 0.29) is 11.2 Å². The normalized spacial score (nSPS) is 10.9. The summed E-state index contributed by atoms with van der Waals surface area (Å²) < 4.78 is 38.6. The van der Waals surface area contributed by atoms with Crippen molar-refractivity contribution in [1.82, 2.24) is 9.97 Å². The van der Waals surface area contributed by atoms with E-state index in [1.807, 2.05) is 13.8 Å². The minimum absolute atomic E-state index is 0.196. The number of aromatic nitrogens is 2. The Bertz CT molecular complexity index is 908. The maximum atomic E-state index is 12.9. The molecular weight excluding hydrogens is 333 g/mol. The van der Waals surface area contributed by atoms with Gasteiger partial charge in [-0.15, -0.1) is 0 Å². The highest BCUT2D eigenvalue weighted by Gasteiger charge is 2.30. The van der Waals surface area contributed by atoms with Gasteiger partial charge in [0.2, 0.25) is 0 Å². The van der Waals surface area contributed by atoms with Gasteiger partial charge in [-0.3, -0.25) is 4.98 Å². The third kappa shape index (κ3) is 3.93. The Morgan fingerprint density at radius 1 is 1.08 bits per heavy atom. The second-order valence-electron chi connectivity index (χ2n) is 4.81. The molecule has 1 N–H and O–H groups in total. The third-order valence-electron chi connectivity index (χ3n) is 3.30. The van der Waals surface area contributed by atoms with Gasteiger partial charge in [-0.1, -0.05) is 26.0 Å². The maximum absolute atomic E-state index is 12.9. The summed E-state index contributed by atoms with van der Waals surface area (Å²) in [5.41, 5.74) is 0.358. The molecule has 0 bridgehead atoms. The van der Waals surface area contributed by atoms with E-state index in [0.717, 1.165) is 12.1 Å². The van der Waals surface area contributed by atoms with Gasteiger partial charge in [0.25, 0.3) is 0 Å². The molecular formula is C18H15F3N2O2. The zero-order chi connectivity index (χ0) is 18.6. The second-order valence-corrected chi connectivity index (χ2v) is 4.81. The highest BCUT2D eigenvalue weighted by molar-refractivity contribution is 5.95. The van der Waals surface area contributed by atoms with Crippen LogP contribution in [0.2, 0.25) is 0 Å². The third-order valence-corrected chi connectivity index (χ3v) is 3.30. The molecule has 0 radical (unpaired) electrons. The molecule has 4 nitrogen and oxygen atoms in total. The van der Waals surface area contributed by atoms with Crippen molar-refractivity contribution >= 4 is 17.0 Å². The molecule has 3 aromatic rings. The predicted molar refractivity (Wildman–Crippen MR) is 88.3 cm³/mol. The van der Waals surface area contributed by atoms with Crippen LogP contribution in [0.3, 0.4) is 0 Å². The number of hydrogen-bond donors (Lipinski definition) is 1. The fourth-order valence-electron chi connectivity index (χ4n) is 2.24. The van der Waals surface area contributed by atoms with Crippen LogP contribution >= 0.6 is 0 Å². The van der Waals surface area contributed by atoms with Gasteiger partial charge >= 0.3 is 12.1 Å². The molecule has 0 aliphatic heterocycles. The average Bonchev–Trinajstić information content (AvgIpc) is 2.62. The summed E-state index contributed by atoms with van der Waals surface area (Å²) in [6.45, 7) is 4.00. The molecule has 0 saturated heterocycles. The number of benzene rings is 1. The van der Waals surface area contributed by atoms with Crippen LogP contribution in [0.25, 0.3) is 22.2 Å². The molecule has 1 aromatic carbocycles. The van der Waals surface area contributed by atoms with Crippen molar-refractivity contribution in [2.24, 2.45) is 0 Å². The lowest BCUT2D eigenvalue weighted by Gasteiger charge is -2.10. The van der Waals surface area contributed by atoms with Crippen molar-refractivity contribution in [3.8, 4) is 11.1 Å². The summed E-state index contributed by atoms with van der Waals surface area (Å²) in [5, 5.41) is 9.02. The Hall–Kier alpha value is -2.96. The van der Waals surface area contributed by atoms with E-state index in [0.29, 0.717) is 16.6 Å². The molecule has 7 heteroatoms. The summed E-state index contributed by atoms with van der Waals surface area (Å²) in [7, 11) is 0. The van der Waals surface area contributed by atoms with Gasteiger partial charge in [0, 0.05) is 11.8 Å². The molecule has 0 unspecified atom stereocenters. The number of carboxylic acid groups (broad SMARTS) is 1. The number of alkyl halides is 3. The fourth-order valence-corrected chi connectivity index (χ4v) is 2.24. The average molecular weight is 348 g/mol. The van der Waals surface area contributed by atoms with E-state index >= 15 is 0 Å². The first-order valence-corrected chi connectivity index (χ1v) is 7.53. The fraction of sp³-hybridized carbons (Fsp3) is 0.167. The minimum Gasteiger partial charge on any atom is -0.477 e. The zero-order valence-corrected chi connectivity index (χ0v) is 13.5. The minimum atomic E-state index is -4.46. The van der Waals surface area contributed by atoms with Crippen LogP contribution in [0.1, 0.15) is 29.9 Å². The molecule has 130 valence electrons. The summed E-state index contributed by atoms with van der Waals surface area (Å²) >= 11 is 0. The van der Waals surface area contributed by atoms with Crippen LogP contribution in [0.5, 0.6) is 0 Å². The molecule has 2 heterocycles. The summed E-state index contributed by atoms with van der Waals surface area (Å²) in [6, 6.07) is 9.07. The van der Waals surface area contributed by atoms with Crippen LogP contribution in [0.15, 0.2) is 48.7 Å². The number of halogens is 3. The lowest BCUT2D eigenvalue weighted by Crippen LogP contribution is -2.05. The van der Waals surface area contributed by atoms with Gasteiger partial charge in [-0.05, 0) is 35.9 Å². The monoisotopic (exact) mass is 348 g/mol. The van der Waals surface area contributed by atoms with E-state index in [4.69, 9.17) is 5.11 Å². The van der Waals surface area contributed by atoms with Crippen LogP contribution < -0.4 is 0 Å². The molecule has 0 spiro atoms. The van der Waals surface area contributed by atoms with Gasteiger partial charge in [0.15, 0.2) is 0 Å². The Labute approximate surface area is 142 Å². The Morgan fingerprint density at radius 2 is 1.80 bits per heavy atom. The first kappa shape index (κ1) is 18.4. The van der Waals surface area contributed by atoms with Crippen LogP contribution in [0.4, 0.5) is 13.2 Å². The van der Waals surface area contributed by atoms with Crippen LogP contribution in [-0.4, -0.2) is 21.0 Å². The number of fused-ring (bicyclic) bond motifs is 1. The summed E-state index contributed by atoms with van der Waals surface area (Å²) in [5.74, 6) is -1.22. The number of rotatable bonds is 2. The predicted octanol–water partition coefficient (Wildman–Crippen LogP) is 5.04. The van der Waals surface area contributed by atoms with E-state index in [2.05, 4.69) is 9.97 Å². The summed E-state index contributed by atoms with van der Waals surface area (Å²) in [4.78, 5) is 19.1. The van der Waals surface area contributed by atoms with Gasteiger partial charge in [-0.25, -0.2) is 9.78 Å². The SMILES string of the molecule is CC.O=C(O)c1ccc2nccc(-c3cccc(C(F)(F)F)c3)c2n1. The summed E-state index contributed by atoms with van der Waals surface area (Å²) in [6.07, 6.45) is -3.02. The van der Waals surface area contributed by atoms with Gasteiger partial charge in [-0.2, -0.15) is 13.2 Å². The van der Waals surface area contributed by atoms with Crippen molar-refractivity contribution < 1.29 is 23.1 Å². The lowest BCUT2D eigenvalue weighted by molar-refractivity contribution is -0.137. The molecule has 25 heavy (non-hydrogen) atoms. The number of aromatic carboxylic acids is 1. The standard InChI is InChI=1S/C16H9F3N2O2.C2H6/c17-16(18,19)10-3-1-2-9(8-10)11-6-7-20-12-4-5-13(15(22)23)21-14(11)12;1-2/h1-8H,(H,22,23);1-2H3. The topological polar surface area (TPSA) is 63.1 Å². The highest BCUT2D eigenvalue weighted by Crippen LogP contribution is 2.33. The van der Waals surface area contributed by atoms with Gasteiger partial charge in [0.05, 0.1) is 16.6 Å². The largest absolute Gasteiger partial charge is 0.477 e. The zero-order valence-electron chi connectivity index (χ0n) is 13.5. The van der Waals surface area contributed by atoms with Gasteiger partial charge < -0.3 is 5.11 Å². The Kier molecular flexibility index (Phi) is 5.36. The Morgan fingerprint density at radius 3 is 2.44 bits per heavy atom. The first-order chi connectivity index (χ1) is 11.9. The van der Waals surface area contributed by atoms with E-state index < -0.39 is 17.7 Å². The van der Waals surface area contributed by atoms with Crippen molar-refractivity contribution in [1.29, 1.82) is 0 Å². The molecule has 3 rings (SSSR count). The van der Waals surface area contributed by atoms with Gasteiger partial charge in [0.1, 0.15) is 5.69 Å². The number of hydrogen-bond acceptors (Lipinski definition) is 3. The molecule has 0 amide bonds. The smallest absolute Gasteiger partial charge is 0.416 e. The lowest BCUT2D eigenvalue weighted by atomic mass is 10.0. The Balaban J connectivity index is 0.00000109. The number of nitrogens with zero attached hydrogens (tertiary/aromatic N) is 2. The number of carboxylic acids is 1. The molecule has 0 aliphatic carbocycles. The van der Waals surface area contributed by atoms with Crippen molar-refractivity contribution in [2.45, 2.75) is 20.0 Å². The van der Waals surface area contributed by atoms with E-state index in [1.165, 1.54) is 36.5 Å². The first-order valence-electron chi connectivity index (χ1n) is 7.53. The molecule has 0 saturated carbocycles. The number of carbonyl (C=O) groups is 1. The highest BCUT2D eigenvalue weighted by atomic mass is 19.4. The van der Waals surface area contributed by atoms with Crippen molar-refractivity contribution in [3.63, 3.8) is 0 Å². The van der Waals surface area contributed by atoms with Crippen molar-refractivity contribution in [2.75, 3.05) is 0 Å². The quantitative estimate of drug-likeness (QED) is 0.705. The maximum Gasteiger partial charge on any atom is 0.416 e. The molecule has 0 atom stereocenters. The second kappa shape index (κ2) is 7.29.